The highest BCUT2D eigenvalue weighted by Gasteiger charge is 2.53. The number of carbonyl (C=O) groups excluding carboxylic acids is 1. The average molecular weight is 1290 g/mol. The lowest BCUT2D eigenvalue weighted by atomic mass is 9.96. The van der Waals surface area contributed by atoms with Crippen LogP contribution in [0.4, 0.5) is 0 Å². The molecule has 0 saturated carbocycles. The summed E-state index contributed by atoms with van der Waals surface area (Å²) in [7, 11) is 0. The first kappa shape index (κ1) is 83.0. The molecule has 17 atom stereocenters. The summed E-state index contributed by atoms with van der Waals surface area (Å²) in [5.74, 6) is -0.238. The molecule has 3 aliphatic heterocycles. The second kappa shape index (κ2) is 53.9. The highest BCUT2D eigenvalue weighted by atomic mass is 16.8. The van der Waals surface area contributed by atoms with Gasteiger partial charge in [0.25, 0.3) is 0 Å². The molecule has 19 nitrogen and oxygen atoms in total. The van der Waals surface area contributed by atoms with Crippen molar-refractivity contribution in [3.8, 4) is 0 Å². The summed E-state index contributed by atoms with van der Waals surface area (Å²) in [4.78, 5) is 13.4. The molecule has 0 aromatic heterocycles. The second-order valence-electron chi connectivity index (χ2n) is 27.1. The Morgan fingerprint density at radius 3 is 0.967 bits per heavy atom. The maximum absolute atomic E-state index is 13.4. The van der Waals surface area contributed by atoms with Gasteiger partial charge in [0.05, 0.1) is 38.6 Å². The summed E-state index contributed by atoms with van der Waals surface area (Å²) in [6.07, 6.45) is 32.2. The Hall–Kier alpha value is -1.21. The third-order valence-corrected chi connectivity index (χ3v) is 19.2. The Balaban J connectivity index is 1.33. The molecule has 17 unspecified atom stereocenters. The number of aliphatic hydroxyl groups excluding tert-OH is 11. The number of hydrogen-bond acceptors (Lipinski definition) is 18. The normalized spacial score (nSPS) is 27.9. The molecule has 3 saturated heterocycles. The van der Waals surface area contributed by atoms with Gasteiger partial charge in [-0.15, -0.1) is 0 Å². The van der Waals surface area contributed by atoms with E-state index in [1.54, 1.807) is 0 Å². The predicted octanol–water partition coefficient (Wildman–Crippen LogP) is 10.7. The first-order valence-electron chi connectivity index (χ1n) is 37.3. The molecule has 0 bridgehead atoms. The van der Waals surface area contributed by atoms with Crippen LogP contribution in [0.5, 0.6) is 0 Å². The highest BCUT2D eigenvalue weighted by molar-refractivity contribution is 5.76. The van der Waals surface area contributed by atoms with E-state index in [1.807, 2.05) is 0 Å². The minimum absolute atomic E-state index is 0.238. The van der Waals surface area contributed by atoms with Crippen molar-refractivity contribution >= 4 is 5.91 Å². The largest absolute Gasteiger partial charge is 0.394 e. The van der Waals surface area contributed by atoms with Crippen LogP contribution in [0.25, 0.3) is 0 Å². The standard InChI is InChI=1S/C71H137NO18/c1-3-5-7-9-11-13-15-17-18-19-20-21-22-23-24-25-26-27-28-29-30-31-32-33-34-35-36-37-38-40-42-44-46-48-55(76)54(72-59(77)49-47-45-43-41-39-16-14-12-10-8-6-4-2)53-85-69-65(83)62(80)67(57(51-74)87-69)90-71-66(84)63(81)68(58(52-75)88-71)89-70-64(82)61(79)60(78)56(50-73)86-70/h54-58,60-71,73-76,78-84H,3-53H2,1-2H3,(H,72,77). The van der Waals surface area contributed by atoms with Crippen LogP contribution in [0, 0.1) is 0 Å². The van der Waals surface area contributed by atoms with E-state index in [-0.39, 0.29) is 18.9 Å². The maximum Gasteiger partial charge on any atom is 0.220 e. The van der Waals surface area contributed by atoms with Crippen molar-refractivity contribution in [3.63, 3.8) is 0 Å². The van der Waals surface area contributed by atoms with Gasteiger partial charge in [-0.1, -0.05) is 296 Å². The minimum atomic E-state index is -1.97. The molecular weight excluding hydrogens is 1150 g/mol. The lowest BCUT2D eigenvalue weighted by Crippen LogP contribution is -2.66. The van der Waals surface area contributed by atoms with Gasteiger partial charge >= 0.3 is 0 Å². The Morgan fingerprint density at radius 1 is 0.356 bits per heavy atom. The molecule has 12 N–H and O–H groups in total. The van der Waals surface area contributed by atoms with Crippen LogP contribution in [-0.2, 0) is 33.2 Å². The minimum Gasteiger partial charge on any atom is -0.394 e. The fraction of sp³-hybridized carbons (Fsp3) is 0.986. The summed E-state index contributed by atoms with van der Waals surface area (Å²) in [5.41, 5.74) is 0. The third-order valence-electron chi connectivity index (χ3n) is 19.2. The topological polar surface area (TPSA) is 307 Å². The molecule has 3 fully saturated rings. The molecule has 3 heterocycles. The number of carbonyl (C=O) groups is 1. The van der Waals surface area contributed by atoms with Crippen LogP contribution in [-0.4, -0.2) is 193 Å². The van der Waals surface area contributed by atoms with Crippen LogP contribution >= 0.6 is 0 Å². The Labute approximate surface area is 544 Å². The number of rotatable bonds is 59. The monoisotopic (exact) mass is 1290 g/mol. The van der Waals surface area contributed by atoms with E-state index in [0.717, 1.165) is 44.9 Å². The van der Waals surface area contributed by atoms with Crippen molar-refractivity contribution in [2.45, 2.75) is 420 Å². The summed E-state index contributed by atoms with van der Waals surface area (Å²) in [6.45, 7) is 1.83. The molecule has 1 amide bonds. The van der Waals surface area contributed by atoms with Gasteiger partial charge < -0.3 is 89.9 Å². The second-order valence-corrected chi connectivity index (χ2v) is 27.1. The van der Waals surface area contributed by atoms with Crippen LogP contribution in [0.3, 0.4) is 0 Å². The van der Waals surface area contributed by atoms with E-state index < -0.39 is 124 Å². The maximum atomic E-state index is 13.4. The Morgan fingerprint density at radius 2 is 0.633 bits per heavy atom. The van der Waals surface area contributed by atoms with Gasteiger partial charge in [-0.2, -0.15) is 0 Å². The molecule has 90 heavy (non-hydrogen) atoms. The van der Waals surface area contributed by atoms with Crippen molar-refractivity contribution in [3.05, 3.63) is 0 Å². The van der Waals surface area contributed by atoms with Crippen molar-refractivity contribution in [2.75, 3.05) is 26.4 Å². The van der Waals surface area contributed by atoms with Crippen molar-refractivity contribution in [1.29, 1.82) is 0 Å². The third kappa shape index (κ3) is 35.2. The fourth-order valence-electron chi connectivity index (χ4n) is 13.1. The molecule has 0 aromatic carbocycles. The summed E-state index contributed by atoms with van der Waals surface area (Å²) in [5, 5.41) is 121. The van der Waals surface area contributed by atoms with Gasteiger partial charge in [0.2, 0.25) is 5.91 Å². The first-order chi connectivity index (χ1) is 43.8. The number of nitrogens with one attached hydrogen (secondary N) is 1. The molecule has 0 spiro atoms. The molecule has 0 radical (unpaired) electrons. The Kier molecular flexibility index (Phi) is 49.7. The highest BCUT2D eigenvalue weighted by Crippen LogP contribution is 2.33. The molecule has 3 aliphatic rings. The molecular formula is C71H137NO18. The van der Waals surface area contributed by atoms with Crippen LogP contribution in [0.2, 0.25) is 0 Å². The van der Waals surface area contributed by atoms with Crippen molar-refractivity contribution < 1.29 is 89.4 Å². The van der Waals surface area contributed by atoms with E-state index in [2.05, 4.69) is 19.2 Å². The van der Waals surface area contributed by atoms with Gasteiger partial charge in [0.15, 0.2) is 18.9 Å². The molecule has 19 heteroatoms. The van der Waals surface area contributed by atoms with E-state index >= 15 is 0 Å². The molecule has 534 valence electrons. The SMILES string of the molecule is CCCCCCCCCCCCCCCCCCCCCCCCCCCCCCCCCCCC(O)C(COC1OC(CO)C(OC2OC(CO)C(OC3OC(CO)C(O)C(O)C3O)C(O)C2O)C(O)C1O)NC(=O)CCCCCCCCCCCCCC. The van der Waals surface area contributed by atoms with E-state index in [0.29, 0.717) is 12.8 Å². The zero-order valence-corrected chi connectivity index (χ0v) is 56.7. The van der Waals surface area contributed by atoms with Crippen molar-refractivity contribution in [2.24, 2.45) is 0 Å². The predicted molar refractivity (Wildman–Crippen MR) is 351 cm³/mol. The van der Waals surface area contributed by atoms with Crippen molar-refractivity contribution in [1.82, 2.24) is 5.32 Å². The fourth-order valence-corrected chi connectivity index (χ4v) is 13.1. The zero-order valence-electron chi connectivity index (χ0n) is 56.7. The number of amides is 1. The van der Waals surface area contributed by atoms with E-state index in [9.17, 15) is 61.0 Å². The number of unbranched alkanes of at least 4 members (excludes halogenated alkanes) is 43. The number of ether oxygens (including phenoxy) is 6. The van der Waals surface area contributed by atoms with E-state index in [1.165, 1.54) is 238 Å². The van der Waals surface area contributed by atoms with Crippen LogP contribution in [0.1, 0.15) is 316 Å². The van der Waals surface area contributed by atoms with Gasteiger partial charge in [-0.3, -0.25) is 4.79 Å². The average Bonchev–Trinajstić information content (AvgIpc) is 0.820. The molecule has 3 rings (SSSR count). The van der Waals surface area contributed by atoms with Gasteiger partial charge in [0, 0.05) is 6.42 Å². The summed E-state index contributed by atoms with van der Waals surface area (Å²) >= 11 is 0. The van der Waals surface area contributed by atoms with Gasteiger partial charge in [-0.05, 0) is 12.8 Å². The molecule has 0 aliphatic carbocycles. The van der Waals surface area contributed by atoms with Crippen LogP contribution < -0.4 is 5.32 Å². The number of aliphatic hydroxyl groups is 11. The summed E-state index contributed by atoms with van der Waals surface area (Å²) < 4.78 is 34.4. The number of hydrogen-bond donors (Lipinski definition) is 12. The van der Waals surface area contributed by atoms with Gasteiger partial charge in [-0.25, -0.2) is 0 Å². The quantitative estimate of drug-likeness (QED) is 0.0252. The lowest BCUT2D eigenvalue weighted by Gasteiger charge is -2.48. The van der Waals surface area contributed by atoms with E-state index in [4.69, 9.17) is 28.4 Å². The smallest absolute Gasteiger partial charge is 0.220 e. The van der Waals surface area contributed by atoms with Crippen LogP contribution in [0.15, 0.2) is 0 Å². The summed E-state index contributed by atoms with van der Waals surface area (Å²) in [6, 6.07) is -0.881. The molecule has 0 aromatic rings. The Bertz CT molecular complexity index is 1640. The first-order valence-corrected chi connectivity index (χ1v) is 37.3. The lowest BCUT2D eigenvalue weighted by molar-refractivity contribution is -0.379. The van der Waals surface area contributed by atoms with Gasteiger partial charge in [0.1, 0.15) is 73.2 Å². The zero-order chi connectivity index (χ0) is 65.4.